The van der Waals surface area contributed by atoms with E-state index >= 15 is 0 Å². The monoisotopic (exact) mass is 352 g/mol. The summed E-state index contributed by atoms with van der Waals surface area (Å²) in [5.74, 6) is -0.0427. The van der Waals surface area contributed by atoms with Gasteiger partial charge in [-0.1, -0.05) is 23.7 Å². The average molecular weight is 353 g/mol. The first-order chi connectivity index (χ1) is 11.6. The van der Waals surface area contributed by atoms with Gasteiger partial charge in [-0.15, -0.1) is 0 Å². The van der Waals surface area contributed by atoms with E-state index in [2.05, 4.69) is 11.4 Å². The van der Waals surface area contributed by atoms with Crippen LogP contribution in [0.25, 0.3) is 0 Å². The lowest BCUT2D eigenvalue weighted by Gasteiger charge is -2.38. The Hall–Kier alpha value is -1.14. The Kier molecular flexibility index (Phi) is 5.76. The van der Waals surface area contributed by atoms with E-state index in [0.29, 0.717) is 26.3 Å². The van der Waals surface area contributed by atoms with Crippen LogP contribution in [0.3, 0.4) is 0 Å². The molecule has 0 aliphatic carbocycles. The van der Waals surface area contributed by atoms with E-state index in [1.54, 1.807) is 0 Å². The van der Waals surface area contributed by atoms with Gasteiger partial charge in [-0.2, -0.15) is 0 Å². The minimum Gasteiger partial charge on any atom is -0.381 e. The number of nitrogens with two attached hydrogens (primary N) is 1. The Morgan fingerprint density at radius 2 is 2.12 bits per heavy atom. The standard InChI is InChI=1S/C18H25ClN2O3/c19-14-3-1-2-13(10-14)18(6-8-23-9-7-18)12-21-17(22)16-5-4-15(11-20)24-16/h1-3,10,15-16H,4-9,11-12,20H2,(H,21,22)/t15-,16+/m1/s1. The third kappa shape index (κ3) is 3.91. The molecular weight excluding hydrogens is 328 g/mol. The normalized spacial score (nSPS) is 26.2. The van der Waals surface area contributed by atoms with Crippen molar-refractivity contribution in [3.63, 3.8) is 0 Å². The highest BCUT2D eigenvalue weighted by Gasteiger charge is 2.37. The lowest BCUT2D eigenvalue weighted by Crippen LogP contribution is -2.47. The maximum absolute atomic E-state index is 12.5. The summed E-state index contributed by atoms with van der Waals surface area (Å²) in [5.41, 5.74) is 6.64. The van der Waals surface area contributed by atoms with Gasteiger partial charge in [0, 0.05) is 36.7 Å². The summed E-state index contributed by atoms with van der Waals surface area (Å²) in [6.07, 6.45) is 2.94. The zero-order valence-corrected chi connectivity index (χ0v) is 14.6. The van der Waals surface area contributed by atoms with E-state index in [4.69, 9.17) is 26.8 Å². The van der Waals surface area contributed by atoms with E-state index in [-0.39, 0.29) is 23.5 Å². The van der Waals surface area contributed by atoms with Crippen molar-refractivity contribution >= 4 is 17.5 Å². The number of ether oxygens (including phenoxy) is 2. The third-order valence-electron chi connectivity index (χ3n) is 5.15. The molecule has 0 unspecified atom stereocenters. The predicted molar refractivity (Wildman–Crippen MR) is 93.1 cm³/mol. The molecule has 0 bridgehead atoms. The summed E-state index contributed by atoms with van der Waals surface area (Å²) in [6, 6.07) is 7.91. The molecule has 2 saturated heterocycles. The Bertz CT molecular complexity index is 575. The molecule has 2 heterocycles. The third-order valence-corrected chi connectivity index (χ3v) is 5.39. The van der Waals surface area contributed by atoms with Crippen LogP contribution in [-0.4, -0.2) is 44.4 Å². The Morgan fingerprint density at radius 3 is 2.79 bits per heavy atom. The average Bonchev–Trinajstić information content (AvgIpc) is 3.10. The van der Waals surface area contributed by atoms with E-state index in [1.807, 2.05) is 18.2 Å². The number of amides is 1. The van der Waals surface area contributed by atoms with Crippen molar-refractivity contribution in [2.24, 2.45) is 5.73 Å². The van der Waals surface area contributed by atoms with Crippen LogP contribution in [0, 0.1) is 0 Å². The van der Waals surface area contributed by atoms with Crippen molar-refractivity contribution in [2.45, 2.75) is 43.3 Å². The van der Waals surface area contributed by atoms with Gasteiger partial charge in [0.2, 0.25) is 5.91 Å². The highest BCUT2D eigenvalue weighted by molar-refractivity contribution is 6.30. The van der Waals surface area contributed by atoms with Gasteiger partial charge in [-0.05, 0) is 43.4 Å². The Morgan fingerprint density at radius 1 is 1.33 bits per heavy atom. The zero-order chi connectivity index (χ0) is 17.0. The van der Waals surface area contributed by atoms with Gasteiger partial charge in [-0.25, -0.2) is 0 Å². The SMILES string of the molecule is NC[C@H]1CC[C@@H](C(=O)NCC2(c3cccc(Cl)c3)CCOCC2)O1. The number of rotatable bonds is 5. The minimum absolute atomic E-state index is 0.00530. The van der Waals surface area contributed by atoms with Crippen molar-refractivity contribution in [3.8, 4) is 0 Å². The molecule has 2 atom stereocenters. The topological polar surface area (TPSA) is 73.6 Å². The lowest BCUT2D eigenvalue weighted by atomic mass is 9.74. The first-order valence-electron chi connectivity index (χ1n) is 8.60. The van der Waals surface area contributed by atoms with Crippen LogP contribution in [0.4, 0.5) is 0 Å². The van der Waals surface area contributed by atoms with Gasteiger partial charge >= 0.3 is 0 Å². The van der Waals surface area contributed by atoms with Gasteiger partial charge in [0.05, 0.1) is 6.10 Å². The smallest absolute Gasteiger partial charge is 0.249 e. The fourth-order valence-electron chi connectivity index (χ4n) is 3.59. The molecule has 2 aliphatic rings. The van der Waals surface area contributed by atoms with Crippen molar-refractivity contribution in [2.75, 3.05) is 26.3 Å². The molecule has 3 rings (SSSR count). The molecule has 3 N–H and O–H groups in total. The molecule has 24 heavy (non-hydrogen) atoms. The molecule has 5 nitrogen and oxygen atoms in total. The summed E-state index contributed by atoms with van der Waals surface area (Å²) in [6.45, 7) is 2.42. The number of hydrogen-bond donors (Lipinski definition) is 2. The van der Waals surface area contributed by atoms with E-state index in [0.717, 1.165) is 36.3 Å². The summed E-state index contributed by atoms with van der Waals surface area (Å²) in [7, 11) is 0. The molecule has 0 radical (unpaired) electrons. The molecule has 1 aromatic carbocycles. The van der Waals surface area contributed by atoms with E-state index < -0.39 is 0 Å². The fourth-order valence-corrected chi connectivity index (χ4v) is 3.78. The molecule has 6 heteroatoms. The van der Waals surface area contributed by atoms with Crippen molar-refractivity contribution in [1.82, 2.24) is 5.32 Å². The molecule has 2 fully saturated rings. The molecule has 0 saturated carbocycles. The molecule has 0 aromatic heterocycles. The van der Waals surface area contributed by atoms with Crippen LogP contribution in [0.1, 0.15) is 31.2 Å². The van der Waals surface area contributed by atoms with Crippen molar-refractivity contribution < 1.29 is 14.3 Å². The molecular formula is C18H25ClN2O3. The molecule has 1 aromatic rings. The Balaban J connectivity index is 1.68. The number of hydrogen-bond acceptors (Lipinski definition) is 4. The van der Waals surface area contributed by atoms with Gasteiger partial charge in [0.25, 0.3) is 0 Å². The second-order valence-corrected chi connectivity index (χ2v) is 7.12. The summed E-state index contributed by atoms with van der Waals surface area (Å²) in [4.78, 5) is 12.5. The van der Waals surface area contributed by atoms with Gasteiger partial charge in [0.1, 0.15) is 6.10 Å². The highest BCUT2D eigenvalue weighted by atomic mass is 35.5. The van der Waals surface area contributed by atoms with Gasteiger partial charge in [0.15, 0.2) is 0 Å². The van der Waals surface area contributed by atoms with Gasteiger partial charge < -0.3 is 20.5 Å². The number of nitrogens with one attached hydrogen (secondary N) is 1. The number of carbonyl (C=O) groups excluding carboxylic acids is 1. The molecule has 132 valence electrons. The number of carbonyl (C=O) groups is 1. The summed E-state index contributed by atoms with van der Waals surface area (Å²) < 4.78 is 11.2. The predicted octanol–water partition coefficient (Wildman–Crippen LogP) is 2.01. The van der Waals surface area contributed by atoms with Crippen LogP contribution >= 0.6 is 11.6 Å². The largest absolute Gasteiger partial charge is 0.381 e. The Labute approximate surface area is 147 Å². The molecule has 2 aliphatic heterocycles. The number of benzene rings is 1. The maximum Gasteiger partial charge on any atom is 0.249 e. The summed E-state index contributed by atoms with van der Waals surface area (Å²) >= 11 is 6.17. The first-order valence-corrected chi connectivity index (χ1v) is 8.98. The van der Waals surface area contributed by atoms with E-state index in [1.165, 1.54) is 0 Å². The van der Waals surface area contributed by atoms with Crippen LogP contribution in [-0.2, 0) is 19.7 Å². The quantitative estimate of drug-likeness (QED) is 0.850. The van der Waals surface area contributed by atoms with Gasteiger partial charge in [-0.3, -0.25) is 4.79 Å². The second-order valence-electron chi connectivity index (χ2n) is 6.68. The zero-order valence-electron chi connectivity index (χ0n) is 13.8. The van der Waals surface area contributed by atoms with Crippen LogP contribution < -0.4 is 11.1 Å². The van der Waals surface area contributed by atoms with Crippen LogP contribution in [0.2, 0.25) is 5.02 Å². The van der Waals surface area contributed by atoms with E-state index in [9.17, 15) is 4.79 Å². The molecule has 0 spiro atoms. The van der Waals surface area contributed by atoms with Crippen molar-refractivity contribution in [3.05, 3.63) is 34.9 Å². The highest BCUT2D eigenvalue weighted by Crippen LogP contribution is 2.35. The van der Waals surface area contributed by atoms with Crippen LogP contribution in [0.5, 0.6) is 0 Å². The molecule has 1 amide bonds. The first kappa shape index (κ1) is 17.7. The summed E-state index contributed by atoms with van der Waals surface area (Å²) in [5, 5.41) is 3.81. The minimum atomic E-state index is -0.380. The fraction of sp³-hybridized carbons (Fsp3) is 0.611. The number of halogens is 1. The second kappa shape index (κ2) is 7.83. The maximum atomic E-state index is 12.5. The lowest BCUT2D eigenvalue weighted by molar-refractivity contribution is -0.132. The van der Waals surface area contributed by atoms with Crippen molar-refractivity contribution in [1.29, 1.82) is 0 Å². The van der Waals surface area contributed by atoms with Crippen LogP contribution in [0.15, 0.2) is 24.3 Å².